The van der Waals surface area contributed by atoms with E-state index in [4.69, 9.17) is 16.1 Å². The Kier molecular flexibility index (Phi) is 4.44. The van der Waals surface area contributed by atoms with Crippen molar-refractivity contribution >= 4 is 39.4 Å². The zero-order valence-corrected chi connectivity index (χ0v) is 15.2. The van der Waals surface area contributed by atoms with Gasteiger partial charge in [0.05, 0.1) is 16.1 Å². The van der Waals surface area contributed by atoms with Gasteiger partial charge in [-0.25, -0.2) is 9.97 Å². The first kappa shape index (κ1) is 16.8. The largest absolute Gasteiger partial charge is 0.360 e. The third-order valence-corrected chi connectivity index (χ3v) is 5.13. The van der Waals surface area contributed by atoms with Gasteiger partial charge in [0.15, 0.2) is 0 Å². The number of thioether (sulfide) groups is 1. The van der Waals surface area contributed by atoms with Crippen LogP contribution in [-0.2, 0) is 0 Å². The van der Waals surface area contributed by atoms with Gasteiger partial charge in [0.2, 0.25) is 5.12 Å². The second kappa shape index (κ2) is 6.90. The van der Waals surface area contributed by atoms with Crippen molar-refractivity contribution in [2.24, 2.45) is 0 Å². The van der Waals surface area contributed by atoms with E-state index in [-0.39, 0.29) is 5.12 Å². The molecule has 4 rings (SSSR count). The normalized spacial score (nSPS) is 11.0. The van der Waals surface area contributed by atoms with Gasteiger partial charge in [-0.05, 0) is 30.8 Å². The molecule has 128 valence electrons. The van der Waals surface area contributed by atoms with Crippen LogP contribution in [0.3, 0.4) is 0 Å². The summed E-state index contributed by atoms with van der Waals surface area (Å²) in [7, 11) is 0. The summed E-state index contributed by atoms with van der Waals surface area (Å²) in [5.41, 5.74) is 2.27. The van der Waals surface area contributed by atoms with Crippen molar-refractivity contribution in [3.8, 4) is 11.3 Å². The first-order chi connectivity index (χ1) is 12.6. The Labute approximate surface area is 158 Å². The van der Waals surface area contributed by atoms with Crippen molar-refractivity contribution in [2.75, 3.05) is 0 Å². The molecule has 0 spiro atoms. The van der Waals surface area contributed by atoms with E-state index < -0.39 is 0 Å². The van der Waals surface area contributed by atoms with Gasteiger partial charge >= 0.3 is 0 Å². The van der Waals surface area contributed by atoms with Crippen LogP contribution in [0.1, 0.15) is 16.1 Å². The first-order valence-corrected chi connectivity index (χ1v) is 8.97. The molecule has 7 heteroatoms. The zero-order chi connectivity index (χ0) is 18.1. The monoisotopic (exact) mass is 381 g/mol. The van der Waals surface area contributed by atoms with Crippen molar-refractivity contribution in [2.45, 2.75) is 11.9 Å². The van der Waals surface area contributed by atoms with Crippen molar-refractivity contribution < 1.29 is 9.32 Å². The van der Waals surface area contributed by atoms with E-state index in [0.29, 0.717) is 32.6 Å². The van der Waals surface area contributed by atoms with Gasteiger partial charge in [-0.15, -0.1) is 0 Å². The Morgan fingerprint density at radius 2 is 1.85 bits per heavy atom. The molecule has 0 unspecified atom stereocenters. The van der Waals surface area contributed by atoms with Gasteiger partial charge in [0.1, 0.15) is 22.8 Å². The molecule has 0 aliphatic rings. The molecule has 0 saturated heterocycles. The summed E-state index contributed by atoms with van der Waals surface area (Å²) in [6, 6.07) is 14.8. The number of hydrogen-bond donors (Lipinski definition) is 0. The van der Waals surface area contributed by atoms with Gasteiger partial charge in [-0.3, -0.25) is 4.79 Å². The minimum atomic E-state index is -0.206. The summed E-state index contributed by atoms with van der Waals surface area (Å²) in [5.74, 6) is 0.441. The highest BCUT2D eigenvalue weighted by Gasteiger charge is 2.24. The molecule has 26 heavy (non-hydrogen) atoms. The highest BCUT2D eigenvalue weighted by molar-refractivity contribution is 8.14. The Balaban J connectivity index is 1.76. The van der Waals surface area contributed by atoms with Crippen molar-refractivity contribution in [1.82, 2.24) is 15.1 Å². The topological polar surface area (TPSA) is 68.9 Å². The van der Waals surface area contributed by atoms with Crippen LogP contribution >= 0.6 is 23.4 Å². The fourth-order valence-corrected chi connectivity index (χ4v) is 3.78. The fourth-order valence-electron chi connectivity index (χ4n) is 2.65. The van der Waals surface area contributed by atoms with Crippen LogP contribution in [0.4, 0.5) is 0 Å². The van der Waals surface area contributed by atoms with E-state index in [9.17, 15) is 4.79 Å². The number of halogens is 1. The first-order valence-electron chi connectivity index (χ1n) is 7.78. The summed E-state index contributed by atoms with van der Waals surface area (Å²) in [6.07, 6.45) is 1.45. The number of carbonyl (C=O) groups excluding carboxylic acids is 1. The number of carbonyl (C=O) groups is 1. The molecule has 2 aromatic heterocycles. The lowest BCUT2D eigenvalue weighted by Gasteiger charge is -2.05. The van der Waals surface area contributed by atoms with E-state index in [1.807, 2.05) is 36.4 Å². The summed E-state index contributed by atoms with van der Waals surface area (Å²) < 4.78 is 5.28. The molecule has 2 heterocycles. The molecule has 0 atom stereocenters. The third-order valence-electron chi connectivity index (χ3n) is 3.89. The van der Waals surface area contributed by atoms with Crippen LogP contribution in [-0.4, -0.2) is 20.2 Å². The van der Waals surface area contributed by atoms with Gasteiger partial charge in [-0.2, -0.15) is 0 Å². The molecule has 0 aliphatic carbocycles. The SMILES string of the molecule is Cc1onc(-c2ccccc2Cl)c1C(=O)Sc1ncnc2ccccc12. The number of para-hydroxylation sites is 1. The Bertz CT molecular complexity index is 1120. The van der Waals surface area contributed by atoms with Crippen molar-refractivity contribution in [3.63, 3.8) is 0 Å². The maximum absolute atomic E-state index is 13.0. The van der Waals surface area contributed by atoms with Gasteiger partial charge in [0, 0.05) is 10.9 Å². The predicted molar refractivity (Wildman–Crippen MR) is 101 cm³/mol. The van der Waals surface area contributed by atoms with Crippen LogP contribution in [0.25, 0.3) is 22.2 Å². The summed E-state index contributed by atoms with van der Waals surface area (Å²) in [5, 5.41) is 5.76. The predicted octanol–water partition coefficient (Wildman–Crippen LogP) is 5.18. The molecule has 0 N–H and O–H groups in total. The minimum Gasteiger partial charge on any atom is -0.360 e. The average molecular weight is 382 g/mol. The number of nitrogens with zero attached hydrogens (tertiary/aromatic N) is 3. The quantitative estimate of drug-likeness (QED) is 0.360. The maximum atomic E-state index is 13.0. The molecule has 0 amide bonds. The van der Waals surface area contributed by atoms with Crippen molar-refractivity contribution in [3.05, 3.63) is 71.2 Å². The minimum absolute atomic E-state index is 0.206. The standard InChI is InChI=1S/C19H12ClN3O2S/c1-11-16(17(23-25-11)12-6-2-4-8-14(12)20)19(24)26-18-13-7-3-5-9-15(13)21-10-22-18/h2-10H,1H3. The van der Waals surface area contributed by atoms with Crippen LogP contribution in [0.5, 0.6) is 0 Å². The number of aryl methyl sites for hydroxylation is 1. The lowest BCUT2D eigenvalue weighted by atomic mass is 10.1. The number of fused-ring (bicyclic) bond motifs is 1. The molecule has 0 fully saturated rings. The van der Waals surface area contributed by atoms with Crippen LogP contribution < -0.4 is 0 Å². The van der Waals surface area contributed by atoms with E-state index in [0.717, 1.165) is 22.7 Å². The fraction of sp³-hybridized carbons (Fsp3) is 0.0526. The van der Waals surface area contributed by atoms with Crippen LogP contribution in [0, 0.1) is 6.92 Å². The van der Waals surface area contributed by atoms with E-state index >= 15 is 0 Å². The molecule has 0 saturated carbocycles. The highest BCUT2D eigenvalue weighted by atomic mass is 35.5. The molecule has 0 bridgehead atoms. The molecular formula is C19H12ClN3O2S. The van der Waals surface area contributed by atoms with Crippen molar-refractivity contribution in [1.29, 1.82) is 0 Å². The third kappa shape index (κ3) is 2.98. The summed E-state index contributed by atoms with van der Waals surface area (Å²) >= 11 is 7.29. The van der Waals surface area contributed by atoms with E-state index in [1.54, 1.807) is 19.1 Å². The van der Waals surface area contributed by atoms with Crippen LogP contribution in [0.2, 0.25) is 5.02 Å². The highest BCUT2D eigenvalue weighted by Crippen LogP contribution is 2.35. The van der Waals surface area contributed by atoms with Gasteiger partial charge < -0.3 is 4.52 Å². The van der Waals surface area contributed by atoms with Gasteiger partial charge in [0.25, 0.3) is 0 Å². The summed E-state index contributed by atoms with van der Waals surface area (Å²) in [6.45, 7) is 1.71. The molecule has 4 aromatic rings. The smallest absolute Gasteiger partial charge is 0.231 e. The molecular weight excluding hydrogens is 370 g/mol. The lowest BCUT2D eigenvalue weighted by Crippen LogP contribution is -1.99. The zero-order valence-electron chi connectivity index (χ0n) is 13.6. The number of rotatable bonds is 3. The second-order valence-corrected chi connectivity index (χ2v) is 6.90. The van der Waals surface area contributed by atoms with Gasteiger partial charge in [-0.1, -0.05) is 53.2 Å². The second-order valence-electron chi connectivity index (χ2n) is 5.53. The number of hydrogen-bond acceptors (Lipinski definition) is 6. The lowest BCUT2D eigenvalue weighted by molar-refractivity contribution is 0.108. The molecule has 5 nitrogen and oxygen atoms in total. The molecule has 0 radical (unpaired) electrons. The Hall–Kier alpha value is -2.70. The molecule has 2 aromatic carbocycles. The van der Waals surface area contributed by atoms with E-state index in [1.165, 1.54) is 6.33 Å². The summed E-state index contributed by atoms with van der Waals surface area (Å²) in [4.78, 5) is 21.5. The number of benzene rings is 2. The average Bonchev–Trinajstić information content (AvgIpc) is 3.04. The Morgan fingerprint density at radius 1 is 1.08 bits per heavy atom. The van der Waals surface area contributed by atoms with Crippen LogP contribution in [0.15, 0.2) is 64.4 Å². The Morgan fingerprint density at radius 3 is 2.69 bits per heavy atom. The van der Waals surface area contributed by atoms with E-state index in [2.05, 4.69) is 15.1 Å². The maximum Gasteiger partial charge on any atom is 0.231 e. The molecule has 0 aliphatic heterocycles. The number of aromatic nitrogens is 3.